The summed E-state index contributed by atoms with van der Waals surface area (Å²) in [5.74, 6) is 0. The Morgan fingerprint density at radius 2 is 0.757 bits per heavy atom. The average Bonchev–Trinajstić information content (AvgIpc) is 3.82. The standard InChI is InChI=1S/C72H58N2/c1-71(2,3)67-57-36-22-23-37-58(57)68(72(4,5)6)62-45-53(43-44-59(62)67)74-69(50-29-15-9-16-30-50)64(49-27-13-8-14-28-49)66-65-56-35-21-20-34-55(56)63(46-61(65)54-33-19-24-38-60(54)70(66)74)73(51-31-17-10-18-32-51)52-41-39-48(40-42-52)47-25-11-7-12-26-47/h7-46H,1-6H3. The molecule has 13 aromatic rings. The molecule has 12 aromatic carbocycles. The molecule has 13 rings (SSSR count). The maximum absolute atomic E-state index is 2.62. The number of benzene rings is 12. The van der Waals surface area contributed by atoms with E-state index in [2.05, 4.69) is 294 Å². The summed E-state index contributed by atoms with van der Waals surface area (Å²) < 4.78 is 2.62. The van der Waals surface area contributed by atoms with Gasteiger partial charge in [-0.25, -0.2) is 0 Å². The van der Waals surface area contributed by atoms with Gasteiger partial charge >= 0.3 is 0 Å². The van der Waals surface area contributed by atoms with E-state index in [9.17, 15) is 0 Å². The van der Waals surface area contributed by atoms with E-state index < -0.39 is 0 Å². The van der Waals surface area contributed by atoms with Gasteiger partial charge in [-0.05, 0) is 124 Å². The minimum absolute atomic E-state index is 0.0949. The van der Waals surface area contributed by atoms with E-state index in [4.69, 9.17) is 0 Å². The van der Waals surface area contributed by atoms with Gasteiger partial charge in [0.25, 0.3) is 0 Å². The van der Waals surface area contributed by atoms with Gasteiger partial charge in [-0.3, -0.25) is 0 Å². The Morgan fingerprint density at radius 1 is 0.311 bits per heavy atom. The molecule has 356 valence electrons. The summed E-state index contributed by atoms with van der Waals surface area (Å²) in [5, 5.41) is 13.8. The van der Waals surface area contributed by atoms with Crippen molar-refractivity contribution in [3.63, 3.8) is 0 Å². The second-order valence-electron chi connectivity index (χ2n) is 22.0. The first-order valence-corrected chi connectivity index (χ1v) is 26.1. The monoisotopic (exact) mass is 950 g/mol. The molecular formula is C72H58N2. The van der Waals surface area contributed by atoms with Crippen LogP contribution in [0.25, 0.3) is 104 Å². The van der Waals surface area contributed by atoms with Crippen molar-refractivity contribution in [2.45, 2.75) is 52.4 Å². The zero-order valence-electron chi connectivity index (χ0n) is 43.0. The Kier molecular flexibility index (Phi) is 10.7. The van der Waals surface area contributed by atoms with Crippen molar-refractivity contribution >= 4 is 81.8 Å². The molecule has 0 unspecified atom stereocenters. The van der Waals surface area contributed by atoms with Crippen LogP contribution in [0.4, 0.5) is 17.1 Å². The van der Waals surface area contributed by atoms with Crippen molar-refractivity contribution in [2.24, 2.45) is 0 Å². The summed E-state index contributed by atoms with van der Waals surface area (Å²) in [6, 6.07) is 90.0. The molecule has 0 fully saturated rings. The Morgan fingerprint density at radius 3 is 1.35 bits per heavy atom. The highest BCUT2D eigenvalue weighted by Gasteiger charge is 2.31. The highest BCUT2D eigenvalue weighted by Crippen LogP contribution is 2.53. The minimum Gasteiger partial charge on any atom is -0.310 e. The van der Waals surface area contributed by atoms with Crippen LogP contribution in [-0.4, -0.2) is 4.57 Å². The van der Waals surface area contributed by atoms with Crippen LogP contribution in [0, 0.1) is 0 Å². The normalized spacial score (nSPS) is 12.2. The first-order chi connectivity index (χ1) is 36.0. The van der Waals surface area contributed by atoms with Gasteiger partial charge in [0.1, 0.15) is 0 Å². The summed E-state index contributed by atoms with van der Waals surface area (Å²) in [5.41, 5.74) is 15.4. The fraction of sp³-hybridized carbons (Fsp3) is 0.111. The lowest BCUT2D eigenvalue weighted by Crippen LogP contribution is -2.17. The fourth-order valence-electron chi connectivity index (χ4n) is 12.4. The zero-order chi connectivity index (χ0) is 50.3. The van der Waals surface area contributed by atoms with E-state index in [1.54, 1.807) is 0 Å². The number of anilines is 3. The average molecular weight is 951 g/mol. The van der Waals surface area contributed by atoms with E-state index in [-0.39, 0.29) is 10.8 Å². The van der Waals surface area contributed by atoms with Crippen LogP contribution in [0.3, 0.4) is 0 Å². The largest absolute Gasteiger partial charge is 0.310 e. The minimum atomic E-state index is -0.139. The Balaban J connectivity index is 1.21. The van der Waals surface area contributed by atoms with Crippen molar-refractivity contribution in [2.75, 3.05) is 4.90 Å². The molecule has 0 radical (unpaired) electrons. The van der Waals surface area contributed by atoms with Gasteiger partial charge in [-0.15, -0.1) is 0 Å². The molecule has 2 nitrogen and oxygen atoms in total. The van der Waals surface area contributed by atoms with E-state index >= 15 is 0 Å². The zero-order valence-corrected chi connectivity index (χ0v) is 43.0. The summed E-state index contributed by atoms with van der Waals surface area (Å²) in [6.07, 6.45) is 0. The van der Waals surface area contributed by atoms with Crippen LogP contribution >= 0.6 is 0 Å². The quantitative estimate of drug-likeness (QED) is 0.114. The lowest BCUT2D eigenvalue weighted by Gasteiger charge is -2.30. The number of aromatic nitrogens is 1. The molecule has 0 amide bonds. The van der Waals surface area contributed by atoms with Gasteiger partial charge in [-0.1, -0.05) is 242 Å². The predicted molar refractivity (Wildman–Crippen MR) is 319 cm³/mol. The van der Waals surface area contributed by atoms with Crippen LogP contribution < -0.4 is 4.90 Å². The molecule has 1 aromatic heterocycles. The molecule has 0 aliphatic carbocycles. The van der Waals surface area contributed by atoms with Crippen molar-refractivity contribution < 1.29 is 0 Å². The Bertz CT molecular complexity index is 4270. The summed E-state index contributed by atoms with van der Waals surface area (Å²) in [6.45, 7) is 14.2. The number of nitrogens with zero attached hydrogens (tertiary/aromatic N) is 2. The maximum atomic E-state index is 2.62. The second-order valence-corrected chi connectivity index (χ2v) is 22.0. The van der Waals surface area contributed by atoms with Crippen molar-refractivity contribution in [1.29, 1.82) is 0 Å². The Labute approximate surface area is 434 Å². The third kappa shape index (κ3) is 7.31. The van der Waals surface area contributed by atoms with Gasteiger partial charge < -0.3 is 9.47 Å². The molecule has 2 heteroatoms. The SMILES string of the molecule is CC(C)(C)c1c2ccccc2c(C(C)(C)C)c2cc(-n3c(-c4ccccc4)c(-c4ccccc4)c4c5c6ccccc6c(N(c6ccccc6)c6ccc(-c7ccccc7)cc6)cc5c5ccccc5c43)ccc12. The van der Waals surface area contributed by atoms with Gasteiger partial charge in [-0.2, -0.15) is 0 Å². The molecule has 0 saturated heterocycles. The van der Waals surface area contributed by atoms with Crippen LogP contribution in [0.1, 0.15) is 52.7 Å². The molecule has 0 bridgehead atoms. The van der Waals surface area contributed by atoms with Gasteiger partial charge in [0.15, 0.2) is 0 Å². The smallest absolute Gasteiger partial charge is 0.0626 e. The van der Waals surface area contributed by atoms with Crippen molar-refractivity contribution in [3.05, 3.63) is 254 Å². The van der Waals surface area contributed by atoms with Crippen LogP contribution in [-0.2, 0) is 10.8 Å². The number of fused-ring (bicyclic) bond motifs is 10. The van der Waals surface area contributed by atoms with Gasteiger partial charge in [0.2, 0.25) is 0 Å². The summed E-state index contributed by atoms with van der Waals surface area (Å²) in [7, 11) is 0. The topological polar surface area (TPSA) is 8.17 Å². The second kappa shape index (κ2) is 17.5. The molecule has 0 aliphatic rings. The highest BCUT2D eigenvalue weighted by molar-refractivity contribution is 6.36. The molecule has 0 saturated carbocycles. The first kappa shape index (κ1) is 45.2. The number of para-hydroxylation sites is 1. The number of rotatable bonds is 7. The molecule has 74 heavy (non-hydrogen) atoms. The van der Waals surface area contributed by atoms with Crippen molar-refractivity contribution in [3.8, 4) is 39.2 Å². The van der Waals surface area contributed by atoms with E-state index in [0.29, 0.717) is 0 Å². The lowest BCUT2D eigenvalue weighted by molar-refractivity contribution is 0.593. The molecule has 0 N–H and O–H groups in total. The highest BCUT2D eigenvalue weighted by atomic mass is 15.1. The third-order valence-electron chi connectivity index (χ3n) is 15.3. The van der Waals surface area contributed by atoms with Crippen molar-refractivity contribution in [1.82, 2.24) is 4.57 Å². The predicted octanol–water partition coefficient (Wildman–Crippen LogP) is 20.5. The molecular weight excluding hydrogens is 893 g/mol. The van der Waals surface area contributed by atoms with Crippen LogP contribution in [0.2, 0.25) is 0 Å². The molecule has 1 heterocycles. The lowest BCUT2D eigenvalue weighted by atomic mass is 9.74. The van der Waals surface area contributed by atoms with Gasteiger partial charge in [0, 0.05) is 44.2 Å². The molecule has 0 spiro atoms. The van der Waals surface area contributed by atoms with Crippen LogP contribution in [0.5, 0.6) is 0 Å². The van der Waals surface area contributed by atoms with E-state index in [1.165, 1.54) is 109 Å². The maximum Gasteiger partial charge on any atom is 0.0626 e. The molecule has 0 aliphatic heterocycles. The van der Waals surface area contributed by atoms with E-state index in [1.807, 2.05) is 0 Å². The Hall–Kier alpha value is -8.72. The fourth-order valence-corrected chi connectivity index (χ4v) is 12.4. The van der Waals surface area contributed by atoms with Gasteiger partial charge in [0.05, 0.1) is 16.9 Å². The number of hydrogen-bond donors (Lipinski definition) is 0. The number of hydrogen-bond acceptors (Lipinski definition) is 1. The first-order valence-electron chi connectivity index (χ1n) is 26.1. The third-order valence-corrected chi connectivity index (χ3v) is 15.3. The summed E-state index contributed by atoms with van der Waals surface area (Å²) >= 11 is 0. The van der Waals surface area contributed by atoms with E-state index in [0.717, 1.165) is 22.7 Å². The summed E-state index contributed by atoms with van der Waals surface area (Å²) in [4.78, 5) is 2.45. The van der Waals surface area contributed by atoms with Crippen LogP contribution in [0.15, 0.2) is 243 Å². The molecule has 0 atom stereocenters.